The fourth-order valence-electron chi connectivity index (χ4n) is 4.36. The highest BCUT2D eigenvalue weighted by atomic mass is 32.2. The summed E-state index contributed by atoms with van der Waals surface area (Å²) >= 11 is 2.36. The number of hydrogen-bond donors (Lipinski definition) is 1. The van der Waals surface area contributed by atoms with Crippen LogP contribution in [-0.4, -0.2) is 45.2 Å². The van der Waals surface area contributed by atoms with Crippen molar-refractivity contribution in [3.8, 4) is 11.5 Å². The number of amides is 1. The van der Waals surface area contributed by atoms with E-state index in [9.17, 15) is 19.1 Å². The molecular weight excluding hydrogens is 567 g/mol. The lowest BCUT2D eigenvalue weighted by molar-refractivity contribution is -0.132. The molecule has 1 fully saturated rings. The predicted molar refractivity (Wildman–Crippen MR) is 154 cm³/mol. The van der Waals surface area contributed by atoms with Crippen LogP contribution in [0.25, 0.3) is 5.76 Å². The normalized spacial score (nSPS) is 16.3. The van der Waals surface area contributed by atoms with Gasteiger partial charge in [-0.15, -0.1) is 10.2 Å². The Morgan fingerprint density at radius 3 is 2.49 bits per heavy atom. The summed E-state index contributed by atoms with van der Waals surface area (Å²) in [5.41, 5.74) is 1.23. The predicted octanol–water partition coefficient (Wildman–Crippen LogP) is 5.79. The van der Waals surface area contributed by atoms with Crippen molar-refractivity contribution < 1.29 is 28.6 Å². The Morgan fingerprint density at radius 2 is 1.76 bits per heavy atom. The highest BCUT2D eigenvalue weighted by Crippen LogP contribution is 2.45. The molecule has 1 N–H and O–H groups in total. The van der Waals surface area contributed by atoms with Gasteiger partial charge in [0.15, 0.2) is 15.8 Å². The Hall–Kier alpha value is -4.29. The molecular formula is C29H25FN4O5S2. The van der Waals surface area contributed by atoms with Crippen molar-refractivity contribution in [1.82, 2.24) is 15.2 Å². The number of aromatic nitrogens is 3. The molecule has 0 saturated carbocycles. The van der Waals surface area contributed by atoms with Crippen LogP contribution in [0.3, 0.4) is 0 Å². The van der Waals surface area contributed by atoms with Gasteiger partial charge in [-0.25, -0.2) is 4.39 Å². The van der Waals surface area contributed by atoms with Gasteiger partial charge in [-0.3, -0.25) is 19.5 Å². The number of carbonyl (C=O) groups is 2. The van der Waals surface area contributed by atoms with E-state index in [2.05, 4.69) is 15.2 Å². The summed E-state index contributed by atoms with van der Waals surface area (Å²) in [6.45, 7) is 4.46. The minimum Gasteiger partial charge on any atom is -0.507 e. The average Bonchev–Trinajstić information content (AvgIpc) is 3.55. The maximum atomic E-state index is 14.1. The summed E-state index contributed by atoms with van der Waals surface area (Å²) in [5.74, 6) is -1.16. The number of hydrogen-bond acceptors (Lipinski definition) is 10. The minimum atomic E-state index is -1.03. The van der Waals surface area contributed by atoms with E-state index >= 15 is 0 Å². The second kappa shape index (κ2) is 12.5. The zero-order valence-electron chi connectivity index (χ0n) is 22.1. The maximum absolute atomic E-state index is 14.1. The van der Waals surface area contributed by atoms with Gasteiger partial charge in [0.1, 0.15) is 11.6 Å². The number of carbonyl (C=O) groups excluding carboxylic acids is 2. The number of thioether (sulfide) groups is 1. The zero-order chi connectivity index (χ0) is 28.9. The number of aliphatic hydroxyl groups is 1. The molecule has 1 aliphatic heterocycles. The fraction of sp³-hybridized carbons (Fsp3) is 0.207. The van der Waals surface area contributed by atoms with Crippen molar-refractivity contribution in [3.63, 3.8) is 0 Å². The van der Waals surface area contributed by atoms with Crippen LogP contribution in [0.2, 0.25) is 0 Å². The first-order valence-corrected chi connectivity index (χ1v) is 14.5. The molecule has 1 saturated heterocycles. The van der Waals surface area contributed by atoms with Crippen molar-refractivity contribution in [1.29, 1.82) is 0 Å². The van der Waals surface area contributed by atoms with Gasteiger partial charge in [-0.1, -0.05) is 47.4 Å². The number of Topliss-reactive ketones (excluding diaryl/α,β-unsaturated/α-hetero) is 1. The van der Waals surface area contributed by atoms with Gasteiger partial charge < -0.3 is 14.6 Å². The molecule has 5 rings (SSSR count). The van der Waals surface area contributed by atoms with E-state index in [0.29, 0.717) is 51.5 Å². The number of ketones is 1. The molecule has 12 heteroatoms. The summed E-state index contributed by atoms with van der Waals surface area (Å²) in [6, 6.07) is 13.6. The molecule has 4 aromatic rings. The van der Waals surface area contributed by atoms with E-state index in [4.69, 9.17) is 9.47 Å². The third-order valence-corrected chi connectivity index (χ3v) is 8.30. The molecule has 0 radical (unpaired) electrons. The van der Waals surface area contributed by atoms with Gasteiger partial charge in [0.2, 0.25) is 5.13 Å². The van der Waals surface area contributed by atoms with Gasteiger partial charge in [0.05, 0.1) is 24.8 Å². The van der Waals surface area contributed by atoms with Crippen molar-refractivity contribution in [2.24, 2.45) is 0 Å². The van der Waals surface area contributed by atoms with Gasteiger partial charge in [0, 0.05) is 23.7 Å². The maximum Gasteiger partial charge on any atom is 0.301 e. The Morgan fingerprint density at radius 1 is 1.02 bits per heavy atom. The number of ether oxygens (including phenoxy) is 2. The second-order valence-electron chi connectivity index (χ2n) is 8.71. The molecule has 0 spiro atoms. The number of nitrogens with zero attached hydrogens (tertiary/aromatic N) is 4. The molecule has 41 heavy (non-hydrogen) atoms. The molecule has 2 aromatic carbocycles. The van der Waals surface area contributed by atoms with E-state index in [-0.39, 0.29) is 22.3 Å². The standard InChI is InChI=1S/C29H25FN4O5S2/c1-3-38-21-10-9-18(15-22(21)39-4-2)24-23(25(35)17-11-13-31-14-12-17)26(36)27(37)34(24)28-32-33-29(41-28)40-16-19-7-5-6-8-20(19)30/h5-15,24,35H,3-4,16H2,1-2H3. The molecule has 1 unspecified atom stereocenters. The molecule has 0 bridgehead atoms. The smallest absolute Gasteiger partial charge is 0.301 e. The lowest BCUT2D eigenvalue weighted by Gasteiger charge is -2.23. The Labute approximate surface area is 243 Å². The highest BCUT2D eigenvalue weighted by molar-refractivity contribution is 8.00. The SMILES string of the molecule is CCOc1ccc(C2C(=C(O)c3ccncc3)C(=O)C(=O)N2c2nnc(SCc3ccccc3F)s2)cc1OCC. The van der Waals surface area contributed by atoms with Crippen LogP contribution < -0.4 is 14.4 Å². The quantitative estimate of drug-likeness (QED) is 0.0804. The first-order chi connectivity index (χ1) is 19.9. The molecule has 1 atom stereocenters. The third-order valence-electron chi connectivity index (χ3n) is 6.19. The van der Waals surface area contributed by atoms with Gasteiger partial charge >= 0.3 is 5.91 Å². The number of anilines is 1. The topological polar surface area (TPSA) is 115 Å². The van der Waals surface area contributed by atoms with Gasteiger partial charge in [-0.05, 0) is 55.3 Å². The first kappa shape index (κ1) is 28.2. The largest absolute Gasteiger partial charge is 0.507 e. The van der Waals surface area contributed by atoms with E-state index in [0.717, 1.165) is 11.3 Å². The highest BCUT2D eigenvalue weighted by Gasteiger charge is 2.48. The summed E-state index contributed by atoms with van der Waals surface area (Å²) < 4.78 is 26.1. The molecule has 210 valence electrons. The summed E-state index contributed by atoms with van der Waals surface area (Å²) in [6.07, 6.45) is 2.96. The molecule has 1 amide bonds. The Balaban J connectivity index is 1.58. The Bertz CT molecular complexity index is 1610. The molecule has 1 aliphatic rings. The van der Waals surface area contributed by atoms with Crippen LogP contribution in [0.5, 0.6) is 11.5 Å². The second-order valence-corrected chi connectivity index (χ2v) is 10.9. The van der Waals surface area contributed by atoms with E-state index in [1.54, 1.807) is 48.5 Å². The fourth-order valence-corrected chi connectivity index (χ4v) is 6.22. The lowest BCUT2D eigenvalue weighted by atomic mass is 9.95. The van der Waals surface area contributed by atoms with Crippen LogP contribution in [0.1, 0.15) is 36.6 Å². The monoisotopic (exact) mass is 592 g/mol. The average molecular weight is 593 g/mol. The number of halogens is 1. The van der Waals surface area contributed by atoms with Crippen LogP contribution in [0, 0.1) is 5.82 Å². The Kier molecular flexibility index (Phi) is 8.60. The molecule has 9 nitrogen and oxygen atoms in total. The molecule has 0 aliphatic carbocycles. The van der Waals surface area contributed by atoms with Crippen molar-refractivity contribution in [2.75, 3.05) is 18.1 Å². The third kappa shape index (κ3) is 5.79. The summed E-state index contributed by atoms with van der Waals surface area (Å²) in [5, 5.41) is 19.8. The molecule has 2 aromatic heterocycles. The van der Waals surface area contributed by atoms with E-state index in [1.165, 1.54) is 35.1 Å². The zero-order valence-corrected chi connectivity index (χ0v) is 23.7. The number of benzene rings is 2. The van der Waals surface area contributed by atoms with Crippen molar-refractivity contribution >= 4 is 45.7 Å². The van der Waals surface area contributed by atoms with Crippen molar-refractivity contribution in [3.05, 3.63) is 95.1 Å². The van der Waals surface area contributed by atoms with E-state index < -0.39 is 17.7 Å². The molecule has 3 heterocycles. The lowest BCUT2D eigenvalue weighted by Crippen LogP contribution is -2.29. The number of pyridine rings is 1. The van der Waals surface area contributed by atoms with E-state index in [1.807, 2.05) is 13.8 Å². The van der Waals surface area contributed by atoms with Crippen LogP contribution in [0.15, 0.2) is 76.9 Å². The summed E-state index contributed by atoms with van der Waals surface area (Å²) in [4.78, 5) is 32.1. The number of rotatable bonds is 10. The number of aliphatic hydroxyl groups excluding tert-OH is 1. The van der Waals surface area contributed by atoms with Crippen LogP contribution in [-0.2, 0) is 15.3 Å². The van der Waals surface area contributed by atoms with Crippen LogP contribution >= 0.6 is 23.1 Å². The minimum absolute atomic E-state index is 0.108. The van der Waals surface area contributed by atoms with Gasteiger partial charge in [0.25, 0.3) is 5.78 Å². The summed E-state index contributed by atoms with van der Waals surface area (Å²) in [7, 11) is 0. The van der Waals surface area contributed by atoms with Crippen molar-refractivity contribution in [2.45, 2.75) is 30.0 Å². The van der Waals surface area contributed by atoms with Gasteiger partial charge in [-0.2, -0.15) is 0 Å². The first-order valence-electron chi connectivity index (χ1n) is 12.7. The van der Waals surface area contributed by atoms with Crippen LogP contribution in [0.4, 0.5) is 9.52 Å².